The van der Waals surface area contributed by atoms with E-state index in [2.05, 4.69) is 41.2 Å². The van der Waals surface area contributed by atoms with Gasteiger partial charge in [0.05, 0.1) is 10.4 Å². The maximum absolute atomic E-state index is 11.2. The van der Waals surface area contributed by atoms with Gasteiger partial charge in [0.1, 0.15) is 0 Å². The molecule has 0 aromatic carbocycles. The van der Waals surface area contributed by atoms with Crippen LogP contribution >= 0.6 is 27.3 Å². The molecule has 0 saturated heterocycles. The fraction of sp³-hybridized carbons (Fsp3) is 0.545. The van der Waals surface area contributed by atoms with Gasteiger partial charge in [-0.2, -0.15) is 0 Å². The molecule has 1 aromatic rings. The fourth-order valence-corrected chi connectivity index (χ4v) is 2.76. The molecule has 0 unspecified atom stereocenters. The Morgan fingerprint density at radius 3 is 2.75 bits per heavy atom. The molecule has 5 heteroatoms. The van der Waals surface area contributed by atoms with E-state index in [1.807, 2.05) is 6.07 Å². The van der Waals surface area contributed by atoms with Crippen LogP contribution < -0.4 is 5.32 Å². The van der Waals surface area contributed by atoms with Gasteiger partial charge in [0.25, 0.3) is 0 Å². The molecular formula is C11H16BrNO2S. The number of thiophene rings is 1. The van der Waals surface area contributed by atoms with Crippen LogP contribution in [0.5, 0.6) is 0 Å². The standard InChI is InChI=1S/C11H16BrNO2S/c1-11(2,7-13-10(15)5-6-14)8-3-4-9(12)16-8/h3-4,14H,5-7H2,1-2H3,(H,13,15). The summed E-state index contributed by atoms with van der Waals surface area (Å²) in [6, 6.07) is 4.07. The highest BCUT2D eigenvalue weighted by atomic mass is 79.9. The van der Waals surface area contributed by atoms with E-state index < -0.39 is 0 Å². The van der Waals surface area contributed by atoms with E-state index in [1.165, 1.54) is 4.88 Å². The zero-order chi connectivity index (χ0) is 12.2. The number of aliphatic hydroxyl groups excluding tert-OH is 1. The summed E-state index contributed by atoms with van der Waals surface area (Å²) in [5.74, 6) is -0.105. The van der Waals surface area contributed by atoms with Gasteiger partial charge in [-0.15, -0.1) is 11.3 Å². The Hall–Kier alpha value is -0.390. The Bertz CT molecular complexity index is 363. The van der Waals surface area contributed by atoms with Crippen LogP contribution in [0.2, 0.25) is 0 Å². The minimum atomic E-state index is -0.105. The number of rotatable bonds is 5. The zero-order valence-corrected chi connectivity index (χ0v) is 11.8. The summed E-state index contributed by atoms with van der Waals surface area (Å²) in [6.07, 6.45) is 0.171. The molecule has 0 aliphatic rings. The lowest BCUT2D eigenvalue weighted by atomic mass is 9.91. The van der Waals surface area contributed by atoms with E-state index >= 15 is 0 Å². The van der Waals surface area contributed by atoms with Crippen molar-refractivity contribution in [2.45, 2.75) is 25.7 Å². The number of amides is 1. The molecule has 0 saturated carbocycles. The Kier molecular flexibility index (Phi) is 4.95. The summed E-state index contributed by atoms with van der Waals surface area (Å²) >= 11 is 5.10. The third-order valence-electron chi connectivity index (χ3n) is 2.31. The van der Waals surface area contributed by atoms with Gasteiger partial charge in [-0.3, -0.25) is 4.79 Å². The number of carbonyl (C=O) groups excluding carboxylic acids is 1. The Balaban J connectivity index is 2.55. The van der Waals surface area contributed by atoms with Crippen LogP contribution in [0.1, 0.15) is 25.1 Å². The molecule has 0 radical (unpaired) electrons. The van der Waals surface area contributed by atoms with Crippen molar-refractivity contribution in [2.24, 2.45) is 0 Å². The van der Waals surface area contributed by atoms with E-state index in [0.29, 0.717) is 6.54 Å². The lowest BCUT2D eigenvalue weighted by molar-refractivity contribution is -0.121. The van der Waals surface area contributed by atoms with Crippen molar-refractivity contribution >= 4 is 33.2 Å². The molecule has 1 aromatic heterocycles. The van der Waals surface area contributed by atoms with Gasteiger partial charge >= 0.3 is 0 Å². The lowest BCUT2D eigenvalue weighted by Crippen LogP contribution is -2.36. The quantitative estimate of drug-likeness (QED) is 0.877. The highest BCUT2D eigenvalue weighted by Gasteiger charge is 2.23. The molecule has 0 aliphatic heterocycles. The van der Waals surface area contributed by atoms with Crippen molar-refractivity contribution in [3.63, 3.8) is 0 Å². The molecule has 16 heavy (non-hydrogen) atoms. The highest BCUT2D eigenvalue weighted by molar-refractivity contribution is 9.11. The van der Waals surface area contributed by atoms with Crippen LogP contribution in [0.3, 0.4) is 0 Å². The minimum Gasteiger partial charge on any atom is -0.396 e. The van der Waals surface area contributed by atoms with Crippen LogP contribution in [0.25, 0.3) is 0 Å². The average Bonchev–Trinajstić information content (AvgIpc) is 2.63. The Morgan fingerprint density at radius 1 is 1.56 bits per heavy atom. The summed E-state index contributed by atoms with van der Waals surface area (Å²) in [4.78, 5) is 12.5. The molecule has 0 aliphatic carbocycles. The summed E-state index contributed by atoms with van der Waals surface area (Å²) in [5, 5.41) is 11.4. The normalized spacial score (nSPS) is 11.5. The molecule has 1 rings (SSSR count). The zero-order valence-electron chi connectivity index (χ0n) is 9.42. The molecule has 0 spiro atoms. The first-order valence-electron chi connectivity index (χ1n) is 5.09. The second-order valence-electron chi connectivity index (χ2n) is 4.24. The molecular weight excluding hydrogens is 290 g/mol. The first-order valence-corrected chi connectivity index (χ1v) is 6.70. The second kappa shape index (κ2) is 5.80. The number of carbonyl (C=O) groups is 1. The third kappa shape index (κ3) is 3.88. The predicted octanol–water partition coefficient (Wildman–Crippen LogP) is 2.29. The van der Waals surface area contributed by atoms with Crippen molar-refractivity contribution in [3.8, 4) is 0 Å². The van der Waals surface area contributed by atoms with E-state index in [4.69, 9.17) is 5.11 Å². The van der Waals surface area contributed by atoms with Crippen LogP contribution in [0.4, 0.5) is 0 Å². The van der Waals surface area contributed by atoms with Crippen LogP contribution in [-0.4, -0.2) is 24.2 Å². The van der Waals surface area contributed by atoms with Gasteiger partial charge in [0.15, 0.2) is 0 Å². The predicted molar refractivity (Wildman–Crippen MR) is 69.8 cm³/mol. The van der Waals surface area contributed by atoms with Crippen molar-refractivity contribution in [3.05, 3.63) is 20.8 Å². The van der Waals surface area contributed by atoms with E-state index in [-0.39, 0.29) is 24.3 Å². The topological polar surface area (TPSA) is 49.3 Å². The number of aliphatic hydroxyl groups is 1. The minimum absolute atomic E-state index is 0.0815. The first-order chi connectivity index (χ1) is 7.45. The van der Waals surface area contributed by atoms with Crippen molar-refractivity contribution in [2.75, 3.05) is 13.2 Å². The van der Waals surface area contributed by atoms with Crippen molar-refractivity contribution < 1.29 is 9.90 Å². The maximum atomic E-state index is 11.2. The average molecular weight is 306 g/mol. The second-order valence-corrected chi connectivity index (χ2v) is 6.70. The molecule has 3 nitrogen and oxygen atoms in total. The number of hydrogen-bond donors (Lipinski definition) is 2. The van der Waals surface area contributed by atoms with Gasteiger partial charge in [-0.05, 0) is 28.1 Å². The smallest absolute Gasteiger partial charge is 0.222 e. The third-order valence-corrected chi connectivity index (χ3v) is 4.30. The lowest BCUT2D eigenvalue weighted by Gasteiger charge is -2.23. The summed E-state index contributed by atoms with van der Waals surface area (Å²) in [5.41, 5.74) is -0.0815. The highest BCUT2D eigenvalue weighted by Crippen LogP contribution is 2.32. The van der Waals surface area contributed by atoms with Gasteiger partial charge in [-0.1, -0.05) is 13.8 Å². The fourth-order valence-electron chi connectivity index (χ4n) is 1.27. The van der Waals surface area contributed by atoms with E-state index in [9.17, 15) is 4.79 Å². The van der Waals surface area contributed by atoms with Crippen molar-refractivity contribution in [1.82, 2.24) is 5.32 Å². The largest absolute Gasteiger partial charge is 0.396 e. The molecule has 1 amide bonds. The molecule has 0 bridgehead atoms. The number of nitrogens with one attached hydrogen (secondary N) is 1. The van der Waals surface area contributed by atoms with Crippen LogP contribution in [0.15, 0.2) is 15.9 Å². The summed E-state index contributed by atoms with van der Waals surface area (Å²) in [6.45, 7) is 4.66. The summed E-state index contributed by atoms with van der Waals surface area (Å²) in [7, 11) is 0. The molecule has 0 fully saturated rings. The SMILES string of the molecule is CC(C)(CNC(=O)CCO)c1ccc(Br)s1. The number of hydrogen-bond acceptors (Lipinski definition) is 3. The molecule has 2 N–H and O–H groups in total. The van der Waals surface area contributed by atoms with Crippen LogP contribution in [0, 0.1) is 0 Å². The van der Waals surface area contributed by atoms with Gasteiger partial charge in [-0.25, -0.2) is 0 Å². The van der Waals surface area contributed by atoms with E-state index in [0.717, 1.165) is 3.79 Å². The molecule has 90 valence electrons. The number of halogens is 1. The monoisotopic (exact) mass is 305 g/mol. The van der Waals surface area contributed by atoms with Gasteiger partial charge in [0.2, 0.25) is 5.91 Å². The molecule has 0 atom stereocenters. The Morgan fingerprint density at radius 2 is 2.25 bits per heavy atom. The first kappa shape index (κ1) is 13.7. The van der Waals surface area contributed by atoms with Crippen molar-refractivity contribution in [1.29, 1.82) is 0 Å². The van der Waals surface area contributed by atoms with Gasteiger partial charge in [0, 0.05) is 23.3 Å². The van der Waals surface area contributed by atoms with Gasteiger partial charge < -0.3 is 10.4 Å². The summed E-state index contributed by atoms with van der Waals surface area (Å²) < 4.78 is 1.09. The van der Waals surface area contributed by atoms with Crippen LogP contribution in [-0.2, 0) is 10.2 Å². The Labute approximate surface area is 108 Å². The maximum Gasteiger partial charge on any atom is 0.222 e. The van der Waals surface area contributed by atoms with E-state index in [1.54, 1.807) is 11.3 Å². The molecule has 1 heterocycles.